The van der Waals surface area contributed by atoms with Crippen LogP contribution in [-0.4, -0.2) is 9.55 Å². The minimum Gasteiger partial charge on any atom is -0.328 e. The standard InChI is InChI=1S/C14H11BrN2/c1-17-13(10-5-3-2-4-6-10)8-11-7-12(15)9-16-14(11)17/h2-9H,1H3. The van der Waals surface area contributed by atoms with Crippen molar-refractivity contribution in [2.45, 2.75) is 0 Å². The third-order valence-electron chi connectivity index (χ3n) is 2.90. The maximum absolute atomic E-state index is 4.44. The topological polar surface area (TPSA) is 17.8 Å². The molecule has 17 heavy (non-hydrogen) atoms. The lowest BCUT2D eigenvalue weighted by Crippen LogP contribution is -1.92. The van der Waals surface area contributed by atoms with E-state index in [0.717, 1.165) is 15.5 Å². The van der Waals surface area contributed by atoms with Crippen LogP contribution in [0.1, 0.15) is 0 Å². The largest absolute Gasteiger partial charge is 0.328 e. The van der Waals surface area contributed by atoms with Crippen molar-refractivity contribution in [3.8, 4) is 11.3 Å². The van der Waals surface area contributed by atoms with Crippen LogP contribution in [0.5, 0.6) is 0 Å². The average Bonchev–Trinajstić information content (AvgIpc) is 2.67. The van der Waals surface area contributed by atoms with Gasteiger partial charge >= 0.3 is 0 Å². The Hall–Kier alpha value is -1.61. The fourth-order valence-corrected chi connectivity index (χ4v) is 2.43. The number of fused-ring (bicyclic) bond motifs is 1. The summed E-state index contributed by atoms with van der Waals surface area (Å²) in [5, 5.41) is 1.15. The molecule has 0 unspecified atom stereocenters. The second-order valence-corrected chi connectivity index (χ2v) is 4.94. The number of pyridine rings is 1. The number of aromatic nitrogens is 2. The Balaban J connectivity index is 2.28. The van der Waals surface area contributed by atoms with Crippen molar-refractivity contribution in [3.63, 3.8) is 0 Å². The fourth-order valence-electron chi connectivity index (χ4n) is 2.08. The molecule has 0 radical (unpaired) electrons. The van der Waals surface area contributed by atoms with Crippen molar-refractivity contribution in [1.82, 2.24) is 9.55 Å². The highest BCUT2D eigenvalue weighted by molar-refractivity contribution is 9.10. The molecule has 0 spiro atoms. The van der Waals surface area contributed by atoms with E-state index in [1.165, 1.54) is 11.3 Å². The van der Waals surface area contributed by atoms with Crippen molar-refractivity contribution >= 4 is 27.0 Å². The zero-order valence-corrected chi connectivity index (χ0v) is 11.0. The first-order valence-corrected chi connectivity index (χ1v) is 6.21. The molecule has 3 rings (SSSR count). The first kappa shape index (κ1) is 10.5. The SMILES string of the molecule is Cn1c(-c2ccccc2)cc2cc(Br)cnc21. The third kappa shape index (κ3) is 1.76. The molecule has 0 aliphatic carbocycles. The Bertz CT molecular complexity index is 671. The molecule has 0 atom stereocenters. The van der Waals surface area contributed by atoms with Gasteiger partial charge in [-0.05, 0) is 33.6 Å². The smallest absolute Gasteiger partial charge is 0.140 e. The normalized spacial score (nSPS) is 10.9. The molecule has 0 N–H and O–H groups in total. The minimum absolute atomic E-state index is 1.01. The van der Waals surface area contributed by atoms with Crippen molar-refractivity contribution in [3.05, 3.63) is 53.1 Å². The highest BCUT2D eigenvalue weighted by Crippen LogP contribution is 2.27. The van der Waals surface area contributed by atoms with Gasteiger partial charge in [-0.1, -0.05) is 30.3 Å². The highest BCUT2D eigenvalue weighted by atomic mass is 79.9. The van der Waals surface area contributed by atoms with Crippen molar-refractivity contribution in [1.29, 1.82) is 0 Å². The zero-order valence-electron chi connectivity index (χ0n) is 9.39. The maximum atomic E-state index is 4.44. The van der Waals surface area contributed by atoms with E-state index >= 15 is 0 Å². The number of rotatable bonds is 1. The number of hydrogen-bond acceptors (Lipinski definition) is 1. The van der Waals surface area contributed by atoms with Crippen LogP contribution in [0.4, 0.5) is 0 Å². The molecule has 2 heterocycles. The van der Waals surface area contributed by atoms with Crippen LogP contribution in [-0.2, 0) is 7.05 Å². The van der Waals surface area contributed by atoms with Crippen molar-refractivity contribution < 1.29 is 0 Å². The van der Waals surface area contributed by atoms with Gasteiger partial charge in [-0.2, -0.15) is 0 Å². The van der Waals surface area contributed by atoms with Crippen LogP contribution in [0, 0.1) is 0 Å². The monoisotopic (exact) mass is 286 g/mol. The molecule has 0 saturated heterocycles. The Kier molecular flexibility index (Phi) is 2.48. The summed E-state index contributed by atoms with van der Waals surface area (Å²) >= 11 is 3.45. The Morgan fingerprint density at radius 1 is 1.12 bits per heavy atom. The molecule has 0 saturated carbocycles. The zero-order chi connectivity index (χ0) is 11.8. The van der Waals surface area contributed by atoms with Crippen LogP contribution in [0.3, 0.4) is 0 Å². The quantitative estimate of drug-likeness (QED) is 0.661. The predicted molar refractivity (Wildman–Crippen MR) is 73.9 cm³/mol. The first-order chi connectivity index (χ1) is 8.25. The number of halogens is 1. The molecule has 2 nitrogen and oxygen atoms in total. The van der Waals surface area contributed by atoms with Crippen molar-refractivity contribution in [2.75, 3.05) is 0 Å². The van der Waals surface area contributed by atoms with Gasteiger partial charge in [0.15, 0.2) is 0 Å². The summed E-state index contributed by atoms with van der Waals surface area (Å²) < 4.78 is 3.13. The number of aryl methyl sites for hydroxylation is 1. The Morgan fingerprint density at radius 2 is 1.88 bits per heavy atom. The fraction of sp³-hybridized carbons (Fsp3) is 0.0714. The van der Waals surface area contributed by atoms with Gasteiger partial charge in [0.25, 0.3) is 0 Å². The van der Waals surface area contributed by atoms with Crippen LogP contribution in [0.2, 0.25) is 0 Å². The summed E-state index contributed by atoms with van der Waals surface area (Å²) in [5.74, 6) is 0. The predicted octanol–water partition coefficient (Wildman–Crippen LogP) is 4.00. The molecule has 0 bridgehead atoms. The van der Waals surface area contributed by atoms with E-state index in [9.17, 15) is 0 Å². The van der Waals surface area contributed by atoms with Gasteiger partial charge in [-0.25, -0.2) is 4.98 Å². The maximum Gasteiger partial charge on any atom is 0.140 e. The molecular formula is C14H11BrN2. The van der Waals surface area contributed by atoms with Crippen LogP contribution in [0.25, 0.3) is 22.3 Å². The van der Waals surface area contributed by atoms with Gasteiger partial charge in [0, 0.05) is 23.1 Å². The average molecular weight is 287 g/mol. The lowest BCUT2D eigenvalue weighted by molar-refractivity contribution is 0.957. The van der Waals surface area contributed by atoms with Crippen LogP contribution < -0.4 is 0 Å². The molecule has 3 heteroatoms. The Morgan fingerprint density at radius 3 is 2.65 bits per heavy atom. The van der Waals surface area contributed by atoms with E-state index in [4.69, 9.17) is 0 Å². The molecule has 1 aromatic carbocycles. The van der Waals surface area contributed by atoms with E-state index in [1.54, 1.807) is 0 Å². The summed E-state index contributed by atoms with van der Waals surface area (Å²) in [5.41, 5.74) is 3.40. The van der Waals surface area contributed by atoms with Gasteiger partial charge in [-0.3, -0.25) is 0 Å². The molecule has 2 aromatic heterocycles. The highest BCUT2D eigenvalue weighted by Gasteiger charge is 2.08. The number of benzene rings is 1. The van der Waals surface area contributed by atoms with Gasteiger partial charge < -0.3 is 4.57 Å². The van der Waals surface area contributed by atoms with Gasteiger partial charge in [0.1, 0.15) is 5.65 Å². The third-order valence-corrected chi connectivity index (χ3v) is 3.34. The minimum atomic E-state index is 1.01. The van der Waals surface area contributed by atoms with E-state index in [2.05, 4.69) is 61.9 Å². The number of nitrogens with zero attached hydrogens (tertiary/aromatic N) is 2. The molecule has 0 amide bonds. The second kappa shape index (κ2) is 4.00. The van der Waals surface area contributed by atoms with E-state index < -0.39 is 0 Å². The summed E-state index contributed by atoms with van der Waals surface area (Å²) in [7, 11) is 2.05. The van der Waals surface area contributed by atoms with E-state index in [1.807, 2.05) is 19.3 Å². The number of hydrogen-bond donors (Lipinski definition) is 0. The van der Waals surface area contributed by atoms with Gasteiger partial charge in [-0.15, -0.1) is 0 Å². The molecule has 0 aliphatic heterocycles. The summed E-state index contributed by atoms with van der Waals surface area (Å²) in [4.78, 5) is 4.44. The lowest BCUT2D eigenvalue weighted by atomic mass is 10.1. The lowest BCUT2D eigenvalue weighted by Gasteiger charge is -2.03. The molecule has 0 fully saturated rings. The summed E-state index contributed by atoms with van der Waals surface area (Å²) in [6.07, 6.45) is 1.83. The Labute approximate surface area is 108 Å². The first-order valence-electron chi connectivity index (χ1n) is 5.42. The van der Waals surface area contributed by atoms with Crippen LogP contribution in [0.15, 0.2) is 53.1 Å². The molecular weight excluding hydrogens is 276 g/mol. The molecule has 3 aromatic rings. The van der Waals surface area contributed by atoms with Crippen molar-refractivity contribution in [2.24, 2.45) is 7.05 Å². The van der Waals surface area contributed by atoms with Gasteiger partial charge in [0.2, 0.25) is 0 Å². The second-order valence-electron chi connectivity index (χ2n) is 4.02. The summed E-state index contributed by atoms with van der Waals surface area (Å²) in [6, 6.07) is 14.6. The van der Waals surface area contributed by atoms with Gasteiger partial charge in [0.05, 0.1) is 5.69 Å². The summed E-state index contributed by atoms with van der Waals surface area (Å²) in [6.45, 7) is 0. The molecule has 0 aliphatic rings. The van der Waals surface area contributed by atoms with E-state index in [-0.39, 0.29) is 0 Å². The van der Waals surface area contributed by atoms with E-state index in [0.29, 0.717) is 0 Å². The van der Waals surface area contributed by atoms with Crippen LogP contribution >= 0.6 is 15.9 Å². The molecule has 84 valence electrons.